The van der Waals surface area contributed by atoms with Crippen LogP contribution in [0.4, 0.5) is 0 Å². The Bertz CT molecular complexity index is 93.3. The number of hydrogen-bond acceptors (Lipinski definition) is 2. The van der Waals surface area contributed by atoms with Gasteiger partial charge < -0.3 is 9.40 Å². The zero-order valence-corrected chi connectivity index (χ0v) is 9.93. The summed E-state index contributed by atoms with van der Waals surface area (Å²) >= 11 is 2.35. The van der Waals surface area contributed by atoms with Gasteiger partial charge in [-0.15, -0.1) is 0 Å². The summed E-state index contributed by atoms with van der Waals surface area (Å²) < 4.78 is 5.64. The van der Waals surface area contributed by atoms with E-state index < -0.39 is 0 Å². The number of rotatable bonds is 1. The van der Waals surface area contributed by atoms with Crippen LogP contribution >= 0.6 is 22.6 Å². The summed E-state index contributed by atoms with van der Waals surface area (Å²) in [5, 5.41) is 0. The number of hydrogen-bond donors (Lipinski definition) is 0. The van der Waals surface area contributed by atoms with Crippen molar-refractivity contribution in [3.63, 3.8) is 0 Å². The summed E-state index contributed by atoms with van der Waals surface area (Å²) in [7, 11) is 0. The maximum absolute atomic E-state index is 4.35. The smallest absolute Gasteiger partial charge is 0.632 e. The minimum absolute atomic E-state index is 0. The number of aromatic nitrogens is 1. The van der Waals surface area contributed by atoms with Crippen LogP contribution in [0.5, 0.6) is 0 Å². The van der Waals surface area contributed by atoms with Crippen LogP contribution in [0.25, 0.3) is 0 Å². The average Bonchev–Trinajstić information content (AvgIpc) is 2.43. The van der Waals surface area contributed by atoms with Crippen LogP contribution in [0.1, 0.15) is 13.3 Å². The van der Waals surface area contributed by atoms with Gasteiger partial charge in [0, 0.05) is 6.39 Å². The van der Waals surface area contributed by atoms with Crippen molar-refractivity contribution in [3.05, 3.63) is 18.9 Å². The predicted molar refractivity (Wildman–Crippen MR) is 44.5 cm³/mol. The van der Waals surface area contributed by atoms with Crippen molar-refractivity contribution in [1.29, 1.82) is 0 Å². The Morgan fingerprint density at radius 2 is 2.30 bits per heavy atom. The van der Waals surface area contributed by atoms with Gasteiger partial charge in [-0.3, -0.25) is 0 Å². The fraction of sp³-hybridized carbons (Fsp3) is 0.500. The summed E-state index contributed by atoms with van der Waals surface area (Å²) in [4.78, 5) is 3.50. The summed E-state index contributed by atoms with van der Waals surface area (Å²) in [5.74, 6) is 0. The van der Waals surface area contributed by atoms with Crippen LogP contribution in [0.15, 0.2) is 17.0 Å². The fourth-order valence-electron chi connectivity index (χ4n) is 0.152. The molecule has 2 nitrogen and oxygen atoms in total. The topological polar surface area (TPSA) is 26.0 Å². The van der Waals surface area contributed by atoms with E-state index in [1.807, 2.05) is 0 Å². The van der Waals surface area contributed by atoms with E-state index in [1.165, 1.54) is 23.4 Å². The normalized spacial score (nSPS) is 7.00. The van der Waals surface area contributed by atoms with Crippen molar-refractivity contribution in [2.24, 2.45) is 0 Å². The zero-order valence-electron chi connectivity index (χ0n) is 5.60. The van der Waals surface area contributed by atoms with Crippen LogP contribution in [-0.2, 0) is 22.4 Å². The van der Waals surface area contributed by atoms with Crippen molar-refractivity contribution >= 4 is 22.6 Å². The van der Waals surface area contributed by atoms with Gasteiger partial charge in [-0.1, -0.05) is 35.8 Å². The van der Waals surface area contributed by atoms with Gasteiger partial charge in [0.2, 0.25) is 0 Å². The quantitative estimate of drug-likeness (QED) is 0.293. The summed E-state index contributed by atoms with van der Waals surface area (Å²) in [5.41, 5.74) is 0. The monoisotopic (exact) mass is 435 g/mol. The van der Waals surface area contributed by atoms with Crippen LogP contribution < -0.4 is 0 Å². The Morgan fingerprint density at radius 3 is 2.40 bits per heavy atom. The molecule has 0 aliphatic heterocycles. The van der Waals surface area contributed by atoms with Crippen molar-refractivity contribution in [2.75, 3.05) is 4.43 Å². The first-order valence-corrected chi connectivity index (χ1v) is 4.24. The molecule has 0 saturated carbocycles. The number of alkyl halides is 1. The molecule has 0 aromatic carbocycles. The molecule has 0 amide bonds. The molecule has 0 aliphatic carbocycles. The van der Waals surface area contributed by atoms with Crippen molar-refractivity contribution in [2.45, 2.75) is 13.3 Å². The number of oxazole rings is 1. The van der Waals surface area contributed by atoms with Gasteiger partial charge in [0.15, 0.2) is 0 Å². The van der Waals surface area contributed by atoms with Gasteiger partial charge in [-0.25, -0.2) is 0 Å². The minimum Gasteiger partial charge on any atom is -0.632 e. The molecule has 0 radical (unpaired) electrons. The molecule has 0 saturated heterocycles. The molecule has 1 heterocycles. The first-order valence-electron chi connectivity index (χ1n) is 2.72. The molecule has 10 heavy (non-hydrogen) atoms. The molecule has 1 rings (SSSR count). The first-order chi connectivity index (χ1) is 4.41. The maximum Gasteiger partial charge on any atom is 1.00 e. The SMILES string of the molecule is CCCI.[Au+].[c-]1cnco1. The van der Waals surface area contributed by atoms with Gasteiger partial charge in [0.1, 0.15) is 0 Å². The van der Waals surface area contributed by atoms with E-state index in [0.29, 0.717) is 0 Å². The summed E-state index contributed by atoms with van der Waals surface area (Å²) in [6.45, 7) is 2.17. The third kappa shape index (κ3) is 11.5. The molecule has 0 unspecified atom stereocenters. The van der Waals surface area contributed by atoms with Gasteiger partial charge >= 0.3 is 22.4 Å². The van der Waals surface area contributed by atoms with Gasteiger partial charge in [-0.05, 0) is 17.0 Å². The van der Waals surface area contributed by atoms with Crippen molar-refractivity contribution < 1.29 is 26.8 Å². The maximum atomic E-state index is 4.35. The molecule has 0 atom stereocenters. The van der Waals surface area contributed by atoms with E-state index in [2.05, 4.69) is 45.2 Å². The van der Waals surface area contributed by atoms with Crippen molar-refractivity contribution in [1.82, 2.24) is 4.98 Å². The van der Waals surface area contributed by atoms with E-state index >= 15 is 0 Å². The molecule has 0 bridgehead atoms. The first kappa shape index (κ1) is 13.3. The molecule has 0 N–H and O–H groups in total. The third-order valence-electron chi connectivity index (χ3n) is 0.498. The average molecular weight is 435 g/mol. The molecular weight excluding hydrogens is 426 g/mol. The van der Waals surface area contributed by atoms with Gasteiger partial charge in [-0.2, -0.15) is 0 Å². The summed E-state index contributed by atoms with van der Waals surface area (Å²) in [6, 6.07) is 0. The Morgan fingerprint density at radius 1 is 1.70 bits per heavy atom. The second-order valence-electron chi connectivity index (χ2n) is 1.31. The van der Waals surface area contributed by atoms with Crippen molar-refractivity contribution in [3.8, 4) is 0 Å². The second-order valence-corrected chi connectivity index (χ2v) is 2.39. The van der Waals surface area contributed by atoms with Crippen LogP contribution in [0.3, 0.4) is 0 Å². The van der Waals surface area contributed by atoms with E-state index in [-0.39, 0.29) is 22.4 Å². The van der Waals surface area contributed by atoms with Gasteiger partial charge in [0.25, 0.3) is 0 Å². The molecule has 0 fully saturated rings. The van der Waals surface area contributed by atoms with E-state index in [1.54, 1.807) is 0 Å². The molecule has 0 aliphatic rings. The Labute approximate surface area is 90.4 Å². The Hall–Kier alpha value is 0.680. The van der Waals surface area contributed by atoms with Crippen LogP contribution in [0.2, 0.25) is 0 Å². The van der Waals surface area contributed by atoms with E-state index in [4.69, 9.17) is 0 Å². The fourth-order valence-corrected chi connectivity index (χ4v) is 0.152. The Balaban J connectivity index is 0. The van der Waals surface area contributed by atoms with E-state index in [9.17, 15) is 0 Å². The standard InChI is InChI=1S/C3H7I.C3H2NO.Au/c1-2-3-4;1-2-5-3-4-1;/h2-3H2,1H3;1,3H;/q;-1;+1. The molecular formula is C6H9AuINO. The predicted octanol–water partition coefficient (Wildman–Crippen LogP) is 2.30. The second kappa shape index (κ2) is 12.4. The molecule has 4 heteroatoms. The number of halogens is 1. The number of nitrogens with zero attached hydrogens (tertiary/aromatic N) is 1. The van der Waals surface area contributed by atoms with Gasteiger partial charge in [0.05, 0.1) is 0 Å². The molecule has 0 spiro atoms. The molecule has 1 aromatic heterocycles. The zero-order chi connectivity index (χ0) is 6.95. The largest absolute Gasteiger partial charge is 1.00 e. The summed E-state index contributed by atoms with van der Waals surface area (Å²) in [6.07, 6.45) is 6.46. The van der Waals surface area contributed by atoms with Crippen LogP contribution in [0, 0.1) is 6.26 Å². The molecule has 1 aromatic rings. The Kier molecular flexibility index (Phi) is 16.4. The third-order valence-corrected chi connectivity index (χ3v) is 1.58. The van der Waals surface area contributed by atoms with E-state index in [0.717, 1.165) is 0 Å². The minimum atomic E-state index is 0. The van der Waals surface area contributed by atoms with Crippen LogP contribution in [-0.4, -0.2) is 9.41 Å². The molecule has 62 valence electrons.